The average Bonchev–Trinajstić information content (AvgIpc) is 3.60. The van der Waals surface area contributed by atoms with Gasteiger partial charge in [0, 0.05) is 30.8 Å². The molecule has 1 unspecified atom stereocenters. The summed E-state index contributed by atoms with van der Waals surface area (Å²) in [6.07, 6.45) is 15.7. The largest absolute Gasteiger partial charge is 0.504 e. The van der Waals surface area contributed by atoms with Crippen molar-refractivity contribution in [1.29, 1.82) is 0 Å². The first-order chi connectivity index (χ1) is 21.3. The molecule has 0 spiro atoms. The monoisotopic (exact) mass is 600 g/mol. The zero-order chi connectivity index (χ0) is 30.9. The summed E-state index contributed by atoms with van der Waals surface area (Å²) in [5, 5.41) is 20.8. The van der Waals surface area contributed by atoms with Crippen molar-refractivity contribution < 1.29 is 19.7 Å². The minimum absolute atomic E-state index is 0.0617. The number of aliphatic hydroxyl groups is 1. The summed E-state index contributed by atoms with van der Waals surface area (Å²) in [7, 11) is 0. The van der Waals surface area contributed by atoms with Crippen molar-refractivity contribution in [3.63, 3.8) is 0 Å². The number of aliphatic imine (C=N–C) groups is 1. The molecule has 2 aliphatic heterocycles. The summed E-state index contributed by atoms with van der Waals surface area (Å²) in [4.78, 5) is 19.2. The van der Waals surface area contributed by atoms with E-state index in [0.29, 0.717) is 31.6 Å². The highest BCUT2D eigenvalue weighted by Crippen LogP contribution is 2.31. The number of allylic oxidation sites excluding steroid dienone is 1. The number of phenolic OH excluding ortho intramolecular Hbond substituents is 1. The van der Waals surface area contributed by atoms with Crippen LogP contribution in [0.3, 0.4) is 0 Å². The predicted octanol–water partition coefficient (Wildman–Crippen LogP) is 5.82. The van der Waals surface area contributed by atoms with Gasteiger partial charge in [-0.25, -0.2) is 0 Å². The molecule has 0 amide bonds. The number of aliphatic hydroxyl groups excluding tert-OH is 1. The average molecular weight is 601 g/mol. The van der Waals surface area contributed by atoms with Crippen LogP contribution in [-0.2, 0) is 17.6 Å². The zero-order valence-corrected chi connectivity index (χ0v) is 25.8. The number of benzene rings is 2. The Kier molecular flexibility index (Phi) is 11.3. The van der Waals surface area contributed by atoms with Gasteiger partial charge in [0.05, 0.1) is 24.5 Å². The highest BCUT2D eigenvalue weighted by Gasteiger charge is 2.26. The number of ether oxygens (including phenoxy) is 1. The molecule has 0 bridgehead atoms. The number of carbonyl (C=O) groups is 1. The van der Waals surface area contributed by atoms with E-state index >= 15 is 0 Å². The van der Waals surface area contributed by atoms with E-state index < -0.39 is 12.3 Å². The number of nitrogens with zero attached hydrogens (tertiary/aromatic N) is 2. The van der Waals surface area contributed by atoms with E-state index in [9.17, 15) is 15.0 Å². The Morgan fingerprint density at radius 1 is 1.07 bits per heavy atom. The molecule has 236 valence electrons. The number of aromatic hydroxyl groups is 1. The summed E-state index contributed by atoms with van der Waals surface area (Å²) < 4.78 is 6.00. The molecule has 44 heavy (non-hydrogen) atoms. The Balaban J connectivity index is 1.04. The summed E-state index contributed by atoms with van der Waals surface area (Å²) in [6.45, 7) is 0.886. The molecule has 1 aliphatic carbocycles. The summed E-state index contributed by atoms with van der Waals surface area (Å²) in [5.74, 6) is 1.38. The lowest BCUT2D eigenvalue weighted by Crippen LogP contribution is -2.23. The molecule has 2 aromatic carbocycles. The minimum Gasteiger partial charge on any atom is -0.504 e. The molecule has 6 N–H and O–H groups in total. The number of hydrogen-bond donors (Lipinski definition) is 4. The fourth-order valence-electron chi connectivity index (χ4n) is 6.56. The fourth-order valence-corrected chi connectivity index (χ4v) is 6.56. The molecule has 3 aliphatic rings. The van der Waals surface area contributed by atoms with Crippen LogP contribution in [0.15, 0.2) is 71.0 Å². The second-order valence-electron chi connectivity index (χ2n) is 12.7. The van der Waals surface area contributed by atoms with Crippen LogP contribution in [0.1, 0.15) is 93.5 Å². The van der Waals surface area contributed by atoms with Crippen molar-refractivity contribution in [2.75, 3.05) is 13.3 Å². The van der Waals surface area contributed by atoms with Crippen molar-refractivity contribution in [2.24, 2.45) is 22.4 Å². The zero-order valence-electron chi connectivity index (χ0n) is 25.8. The topological polar surface area (TPSA) is 134 Å². The van der Waals surface area contributed by atoms with Crippen molar-refractivity contribution in [3.05, 3.63) is 82.7 Å². The van der Waals surface area contributed by atoms with E-state index in [1.54, 1.807) is 12.1 Å². The summed E-state index contributed by atoms with van der Waals surface area (Å²) >= 11 is 0. The summed E-state index contributed by atoms with van der Waals surface area (Å²) in [5.41, 5.74) is 17.9. The molecule has 1 atom stereocenters. The fraction of sp³-hybridized carbons (Fsp3) is 0.500. The number of fused-ring (bicyclic) bond motifs is 1. The Hall–Kier alpha value is -3.46. The first-order valence-corrected chi connectivity index (χ1v) is 16.3. The van der Waals surface area contributed by atoms with E-state index in [0.717, 1.165) is 58.7 Å². The first kappa shape index (κ1) is 31.9. The van der Waals surface area contributed by atoms with Gasteiger partial charge < -0.3 is 31.3 Å². The van der Waals surface area contributed by atoms with Gasteiger partial charge in [-0.1, -0.05) is 81.7 Å². The lowest BCUT2D eigenvalue weighted by atomic mass is 9.85. The van der Waals surface area contributed by atoms with Crippen LogP contribution in [0.4, 0.5) is 0 Å². The molecule has 0 aromatic heterocycles. The Morgan fingerprint density at radius 3 is 2.73 bits per heavy atom. The van der Waals surface area contributed by atoms with Crippen molar-refractivity contribution in [1.82, 2.24) is 4.90 Å². The number of nitrogens with two attached hydrogens (primary N) is 2. The van der Waals surface area contributed by atoms with Gasteiger partial charge in [0.15, 0.2) is 18.2 Å². The van der Waals surface area contributed by atoms with Gasteiger partial charge in [0.25, 0.3) is 0 Å². The Morgan fingerprint density at radius 2 is 1.91 bits per heavy atom. The van der Waals surface area contributed by atoms with Gasteiger partial charge >= 0.3 is 0 Å². The van der Waals surface area contributed by atoms with E-state index in [1.807, 2.05) is 35.4 Å². The number of rotatable bonds is 16. The van der Waals surface area contributed by atoms with Crippen LogP contribution in [-0.4, -0.2) is 46.0 Å². The van der Waals surface area contributed by atoms with Crippen LogP contribution in [0.25, 0.3) is 0 Å². The van der Waals surface area contributed by atoms with Crippen molar-refractivity contribution in [2.45, 2.75) is 95.7 Å². The van der Waals surface area contributed by atoms with Gasteiger partial charge in [0.1, 0.15) is 5.78 Å². The SMILES string of the molecule is NC(N)c1cccc(CC2=CN=C3CN(COc4cc(CCC(=O)CC(O)CCCCC5CCCCC5)ccc4O)C=C23)c1. The standard InChI is InChI=1S/C36H48N4O4/c37-36(38)28-11-6-10-27(17-28)18-29-21-39-33-23-40(22-32(29)33)24-44-35-19-26(14-16-34(35)43)13-15-31(42)20-30(41)12-5-4-9-25-7-2-1-3-8-25/h6,10-11,14,16-17,19,21-22,25,30,36,41,43H,1-5,7-9,12-13,15,18,20,23-24,37-38H2. The second kappa shape index (κ2) is 15.5. The third-order valence-electron chi connectivity index (χ3n) is 9.12. The maximum atomic E-state index is 12.6. The van der Waals surface area contributed by atoms with Crippen LogP contribution >= 0.6 is 0 Å². The third-order valence-corrected chi connectivity index (χ3v) is 9.12. The number of phenols is 1. The molecule has 0 saturated heterocycles. The highest BCUT2D eigenvalue weighted by atomic mass is 16.5. The molecule has 1 saturated carbocycles. The van der Waals surface area contributed by atoms with Crippen LogP contribution < -0.4 is 16.2 Å². The number of unbranched alkanes of at least 4 members (excludes halogenated alkanes) is 1. The number of ketones is 1. The van der Waals surface area contributed by atoms with Gasteiger partial charge in [-0.3, -0.25) is 9.79 Å². The lowest BCUT2D eigenvalue weighted by Gasteiger charge is -2.21. The number of carbonyl (C=O) groups excluding carboxylic acids is 1. The van der Waals surface area contributed by atoms with E-state index in [2.05, 4.69) is 17.3 Å². The Bertz CT molecular complexity index is 1380. The predicted molar refractivity (Wildman–Crippen MR) is 174 cm³/mol. The van der Waals surface area contributed by atoms with Gasteiger partial charge in [0.2, 0.25) is 0 Å². The number of hydrogen-bond acceptors (Lipinski definition) is 8. The third kappa shape index (κ3) is 9.03. The maximum Gasteiger partial charge on any atom is 0.163 e. The van der Waals surface area contributed by atoms with E-state index in [1.165, 1.54) is 38.5 Å². The lowest BCUT2D eigenvalue weighted by molar-refractivity contribution is -0.121. The molecule has 8 heteroatoms. The normalized spacial score (nSPS) is 17.4. The van der Waals surface area contributed by atoms with Crippen LogP contribution in [0, 0.1) is 5.92 Å². The van der Waals surface area contributed by atoms with Gasteiger partial charge in [-0.15, -0.1) is 0 Å². The van der Waals surface area contributed by atoms with Crippen molar-refractivity contribution in [3.8, 4) is 11.5 Å². The molecule has 5 rings (SSSR count). The van der Waals surface area contributed by atoms with E-state index in [4.69, 9.17) is 16.2 Å². The van der Waals surface area contributed by atoms with Crippen LogP contribution in [0.5, 0.6) is 11.5 Å². The molecule has 1 fully saturated rings. The van der Waals surface area contributed by atoms with Gasteiger partial charge in [-0.05, 0) is 59.6 Å². The van der Waals surface area contributed by atoms with Gasteiger partial charge in [-0.2, -0.15) is 0 Å². The molecular formula is C36H48N4O4. The molecule has 8 nitrogen and oxygen atoms in total. The number of aryl methyl sites for hydroxylation is 1. The molecule has 2 heterocycles. The summed E-state index contributed by atoms with van der Waals surface area (Å²) in [6, 6.07) is 13.2. The first-order valence-electron chi connectivity index (χ1n) is 16.3. The smallest absolute Gasteiger partial charge is 0.163 e. The molecule has 0 radical (unpaired) electrons. The number of Topliss-reactive ketones (excluding diaryl/α,β-unsaturated/α-hetero) is 1. The molecular weight excluding hydrogens is 552 g/mol. The minimum atomic E-state index is -0.559. The Labute approximate surface area is 261 Å². The quantitative estimate of drug-likeness (QED) is 0.141. The highest BCUT2D eigenvalue weighted by molar-refractivity contribution is 6.09. The maximum absolute atomic E-state index is 12.6. The second-order valence-corrected chi connectivity index (χ2v) is 12.7. The van der Waals surface area contributed by atoms with Crippen LogP contribution in [0.2, 0.25) is 0 Å². The van der Waals surface area contributed by atoms with E-state index in [-0.39, 0.29) is 24.7 Å². The molecule has 2 aromatic rings. The van der Waals surface area contributed by atoms with Crippen molar-refractivity contribution >= 4 is 11.5 Å².